The molecule has 0 bridgehead atoms. The van der Waals surface area contributed by atoms with Crippen LogP contribution in [-0.4, -0.2) is 17.8 Å². The molecule has 68 valence electrons. The fourth-order valence-corrected chi connectivity index (χ4v) is 0.941. The van der Waals surface area contributed by atoms with Crippen LogP contribution < -0.4 is 0 Å². The first-order valence-electron chi connectivity index (χ1n) is 4.02. The van der Waals surface area contributed by atoms with Crippen molar-refractivity contribution in [3.05, 3.63) is 0 Å². The lowest BCUT2D eigenvalue weighted by Crippen LogP contribution is -2.28. The summed E-state index contributed by atoms with van der Waals surface area (Å²) in [6, 6.07) is 0.0878. The molecule has 0 heterocycles. The van der Waals surface area contributed by atoms with Crippen molar-refractivity contribution in [1.29, 1.82) is 0 Å². The van der Waals surface area contributed by atoms with Gasteiger partial charge in [-0.3, -0.25) is 0 Å². The van der Waals surface area contributed by atoms with Gasteiger partial charge in [0, 0.05) is 0 Å². The molecule has 0 aromatic carbocycles. The molecule has 0 saturated heterocycles. The van der Waals surface area contributed by atoms with Crippen LogP contribution in [-0.2, 0) is 0 Å². The van der Waals surface area contributed by atoms with Gasteiger partial charge in [0.05, 0.1) is 6.04 Å². The van der Waals surface area contributed by atoms with Crippen molar-refractivity contribution >= 4 is 0 Å². The average molecular weight is 178 g/mol. The van der Waals surface area contributed by atoms with Crippen LogP contribution in [0.2, 0.25) is 0 Å². The SMILES string of the molecule is FC(F)(F)C1(N=NC2CC2)CC1. The molecule has 0 atom stereocenters. The average Bonchev–Trinajstić information content (AvgIpc) is 2.80. The molecule has 2 aliphatic rings. The third-order valence-corrected chi connectivity index (χ3v) is 2.21. The van der Waals surface area contributed by atoms with E-state index in [0.717, 1.165) is 12.8 Å². The van der Waals surface area contributed by atoms with Gasteiger partial charge < -0.3 is 0 Å². The molecule has 2 aliphatic carbocycles. The summed E-state index contributed by atoms with van der Waals surface area (Å²) >= 11 is 0. The minimum atomic E-state index is -4.19. The number of hydrogen-bond donors (Lipinski definition) is 0. The van der Waals surface area contributed by atoms with Crippen LogP contribution in [0.5, 0.6) is 0 Å². The zero-order valence-electron chi connectivity index (χ0n) is 6.43. The molecular weight excluding hydrogens is 169 g/mol. The van der Waals surface area contributed by atoms with Crippen LogP contribution in [0, 0.1) is 0 Å². The van der Waals surface area contributed by atoms with Gasteiger partial charge in [0.15, 0.2) is 5.54 Å². The van der Waals surface area contributed by atoms with E-state index in [0.29, 0.717) is 0 Å². The van der Waals surface area contributed by atoms with Crippen LogP contribution in [0.15, 0.2) is 10.2 Å². The topological polar surface area (TPSA) is 24.7 Å². The molecular formula is C7H9F3N2. The molecule has 0 unspecified atom stereocenters. The molecule has 2 rings (SSSR count). The Hall–Kier alpha value is -0.610. The van der Waals surface area contributed by atoms with Crippen molar-refractivity contribution in [2.24, 2.45) is 10.2 Å². The van der Waals surface area contributed by atoms with E-state index in [1.54, 1.807) is 0 Å². The predicted octanol–water partition coefficient (Wildman–Crippen LogP) is 2.70. The highest BCUT2D eigenvalue weighted by atomic mass is 19.4. The van der Waals surface area contributed by atoms with Gasteiger partial charge in [-0.1, -0.05) is 0 Å². The van der Waals surface area contributed by atoms with Gasteiger partial charge >= 0.3 is 6.18 Å². The third-order valence-electron chi connectivity index (χ3n) is 2.21. The van der Waals surface area contributed by atoms with Crippen molar-refractivity contribution < 1.29 is 13.2 Å². The van der Waals surface area contributed by atoms with Crippen molar-refractivity contribution in [2.45, 2.75) is 43.4 Å². The third kappa shape index (κ3) is 1.32. The first-order chi connectivity index (χ1) is 5.54. The minimum Gasteiger partial charge on any atom is -0.190 e. The highest BCUT2D eigenvalue weighted by molar-refractivity contribution is 5.07. The molecule has 0 aliphatic heterocycles. The van der Waals surface area contributed by atoms with Crippen LogP contribution in [0.25, 0.3) is 0 Å². The summed E-state index contributed by atoms with van der Waals surface area (Å²) in [6.07, 6.45) is -2.15. The summed E-state index contributed by atoms with van der Waals surface area (Å²) in [4.78, 5) is 0. The Labute approximate surface area is 67.9 Å². The largest absolute Gasteiger partial charge is 0.415 e. The maximum absolute atomic E-state index is 12.2. The Morgan fingerprint density at radius 1 is 1.17 bits per heavy atom. The standard InChI is InChI=1S/C7H9F3N2/c8-7(9,10)6(3-4-6)12-11-5-1-2-5/h5H,1-4H2. The highest BCUT2D eigenvalue weighted by Gasteiger charge is 2.64. The van der Waals surface area contributed by atoms with Gasteiger partial charge in [-0.2, -0.15) is 23.4 Å². The number of alkyl halides is 3. The molecule has 5 heteroatoms. The lowest BCUT2D eigenvalue weighted by Gasteiger charge is -2.12. The van der Waals surface area contributed by atoms with E-state index in [-0.39, 0.29) is 18.9 Å². The van der Waals surface area contributed by atoms with E-state index >= 15 is 0 Å². The van der Waals surface area contributed by atoms with E-state index in [1.807, 2.05) is 0 Å². The lowest BCUT2D eigenvalue weighted by molar-refractivity contribution is -0.157. The zero-order valence-corrected chi connectivity index (χ0v) is 6.43. The Bertz CT molecular complexity index is 213. The number of azo groups is 1. The predicted molar refractivity (Wildman–Crippen MR) is 35.9 cm³/mol. The van der Waals surface area contributed by atoms with Crippen molar-refractivity contribution in [3.63, 3.8) is 0 Å². The summed E-state index contributed by atoms with van der Waals surface area (Å²) < 4.78 is 36.6. The Morgan fingerprint density at radius 2 is 1.75 bits per heavy atom. The molecule has 0 aromatic heterocycles. The van der Waals surface area contributed by atoms with E-state index in [9.17, 15) is 13.2 Å². The van der Waals surface area contributed by atoms with E-state index < -0.39 is 11.7 Å². The summed E-state index contributed by atoms with van der Waals surface area (Å²) in [7, 11) is 0. The Morgan fingerprint density at radius 3 is 2.08 bits per heavy atom. The molecule has 12 heavy (non-hydrogen) atoms. The Kier molecular flexibility index (Phi) is 1.47. The van der Waals surface area contributed by atoms with Crippen molar-refractivity contribution in [2.75, 3.05) is 0 Å². The quantitative estimate of drug-likeness (QED) is 0.581. The summed E-state index contributed by atoms with van der Waals surface area (Å²) in [5.74, 6) is 0. The van der Waals surface area contributed by atoms with E-state index in [1.165, 1.54) is 0 Å². The fraction of sp³-hybridized carbons (Fsp3) is 1.00. The Balaban J connectivity index is 2.01. The minimum absolute atomic E-state index is 0.0878. The van der Waals surface area contributed by atoms with Gasteiger partial charge in [-0.15, -0.1) is 0 Å². The molecule has 0 radical (unpaired) electrons. The molecule has 2 fully saturated rings. The van der Waals surface area contributed by atoms with Crippen LogP contribution in [0.4, 0.5) is 13.2 Å². The maximum Gasteiger partial charge on any atom is 0.415 e. The van der Waals surface area contributed by atoms with Crippen LogP contribution in [0.1, 0.15) is 25.7 Å². The molecule has 0 N–H and O–H groups in total. The van der Waals surface area contributed by atoms with Gasteiger partial charge in [-0.05, 0) is 25.7 Å². The summed E-state index contributed by atoms with van der Waals surface area (Å²) in [5.41, 5.74) is -1.78. The monoisotopic (exact) mass is 178 g/mol. The summed E-state index contributed by atoms with van der Waals surface area (Å²) in [6.45, 7) is 0. The summed E-state index contributed by atoms with van der Waals surface area (Å²) in [5, 5.41) is 7.04. The normalized spacial score (nSPS) is 27.9. The molecule has 0 aromatic rings. The van der Waals surface area contributed by atoms with E-state index in [4.69, 9.17) is 0 Å². The zero-order chi connectivity index (χ0) is 8.82. The molecule has 2 nitrogen and oxygen atoms in total. The number of nitrogens with zero attached hydrogens (tertiary/aromatic N) is 2. The number of hydrogen-bond acceptors (Lipinski definition) is 2. The van der Waals surface area contributed by atoms with Gasteiger partial charge in [0.25, 0.3) is 0 Å². The van der Waals surface area contributed by atoms with Gasteiger partial charge in [0.2, 0.25) is 0 Å². The van der Waals surface area contributed by atoms with Gasteiger partial charge in [0.1, 0.15) is 0 Å². The highest BCUT2D eigenvalue weighted by Crippen LogP contribution is 2.52. The van der Waals surface area contributed by atoms with Crippen molar-refractivity contribution in [3.8, 4) is 0 Å². The second-order valence-electron chi connectivity index (χ2n) is 3.48. The van der Waals surface area contributed by atoms with Crippen LogP contribution in [0.3, 0.4) is 0 Å². The van der Waals surface area contributed by atoms with Crippen LogP contribution >= 0.6 is 0 Å². The second kappa shape index (κ2) is 2.20. The molecule has 0 amide bonds. The smallest absolute Gasteiger partial charge is 0.190 e. The molecule has 2 saturated carbocycles. The number of rotatable bonds is 2. The molecule has 0 spiro atoms. The first kappa shape index (κ1) is 8.01. The van der Waals surface area contributed by atoms with E-state index in [2.05, 4.69) is 10.2 Å². The number of halogens is 3. The fourth-order valence-electron chi connectivity index (χ4n) is 0.941. The first-order valence-corrected chi connectivity index (χ1v) is 4.02. The second-order valence-corrected chi connectivity index (χ2v) is 3.48. The maximum atomic E-state index is 12.2. The van der Waals surface area contributed by atoms with Gasteiger partial charge in [-0.25, -0.2) is 0 Å². The lowest BCUT2D eigenvalue weighted by atomic mass is 10.3. The van der Waals surface area contributed by atoms with Crippen molar-refractivity contribution in [1.82, 2.24) is 0 Å².